The smallest absolute Gasteiger partial charge is 0.240 e. The van der Waals surface area contributed by atoms with Crippen LogP contribution in [0.25, 0.3) is 0 Å². The molecule has 0 aliphatic carbocycles. The van der Waals surface area contributed by atoms with Gasteiger partial charge in [-0.15, -0.1) is 0 Å². The molecule has 0 fully saturated rings. The molecule has 1 amide bonds. The third-order valence-corrected chi connectivity index (χ3v) is 6.40. The van der Waals surface area contributed by atoms with Gasteiger partial charge >= 0.3 is 0 Å². The van der Waals surface area contributed by atoms with Gasteiger partial charge in [0.1, 0.15) is 5.75 Å². The highest BCUT2D eigenvalue weighted by Crippen LogP contribution is 2.35. The number of carbonyl (C=O) groups excluding carboxylic acids is 1. The van der Waals surface area contributed by atoms with E-state index < -0.39 is 6.04 Å². The number of rotatable bonds is 6. The lowest BCUT2D eigenvalue weighted by molar-refractivity contribution is -0.134. The number of ether oxygens (including phenoxy) is 1. The van der Waals surface area contributed by atoms with Crippen molar-refractivity contribution >= 4 is 17.5 Å². The summed E-state index contributed by atoms with van der Waals surface area (Å²) in [6.45, 7) is 8.39. The zero-order valence-corrected chi connectivity index (χ0v) is 21.4. The monoisotopic (exact) mass is 495 g/mol. The molecule has 9 nitrogen and oxygen atoms in total. The molecule has 0 saturated heterocycles. The molecule has 0 saturated carbocycles. The summed E-state index contributed by atoms with van der Waals surface area (Å²) in [6, 6.07) is 14.2. The van der Waals surface area contributed by atoms with Crippen molar-refractivity contribution in [3.63, 3.8) is 0 Å². The van der Waals surface area contributed by atoms with E-state index in [0.717, 1.165) is 28.1 Å². The van der Waals surface area contributed by atoms with Crippen LogP contribution in [0.1, 0.15) is 47.4 Å². The number of aromatic nitrogens is 2. The average molecular weight is 496 g/mol. The van der Waals surface area contributed by atoms with Crippen LogP contribution in [0.15, 0.2) is 36.4 Å². The third-order valence-electron chi connectivity index (χ3n) is 6.40. The van der Waals surface area contributed by atoms with Gasteiger partial charge in [-0.2, -0.15) is 15.5 Å². The summed E-state index contributed by atoms with van der Waals surface area (Å²) in [5.41, 5.74) is 11.1. The maximum atomic E-state index is 13.0. The summed E-state index contributed by atoms with van der Waals surface area (Å²) in [6.07, 6.45) is 0.526. The van der Waals surface area contributed by atoms with E-state index in [1.807, 2.05) is 27.7 Å². The highest BCUT2D eigenvalue weighted by molar-refractivity contribution is 5.82. The van der Waals surface area contributed by atoms with E-state index in [1.54, 1.807) is 41.3 Å². The van der Waals surface area contributed by atoms with E-state index in [4.69, 9.17) is 20.7 Å². The Labute approximate surface area is 216 Å². The van der Waals surface area contributed by atoms with Gasteiger partial charge in [0.25, 0.3) is 0 Å². The minimum Gasteiger partial charge on any atom is -0.438 e. The highest BCUT2D eigenvalue weighted by atomic mass is 16.5. The standard InChI is InChI=1S/C28H29N7O2/c1-16(2)24(31)27(36)35-10-9-23-22(15-35)26(37-25-17(3)11-20(14-30)12-18(25)4)34-28(33-23)32-21-7-5-19(13-29)6-8-21/h5-8,11-12,16,24H,9-10,15,31H2,1-4H3,(H,32,33,34)/t24-/m1/s1. The number of carbonyl (C=O) groups is 1. The number of nitriles is 2. The van der Waals surface area contributed by atoms with Gasteiger partial charge in [-0.05, 0) is 67.3 Å². The van der Waals surface area contributed by atoms with Crippen molar-refractivity contribution in [2.45, 2.75) is 46.7 Å². The Hall–Kier alpha value is -4.47. The lowest BCUT2D eigenvalue weighted by atomic mass is 10.0. The fourth-order valence-electron chi connectivity index (χ4n) is 4.24. The number of hydrogen-bond acceptors (Lipinski definition) is 8. The molecule has 0 radical (unpaired) electrons. The second kappa shape index (κ2) is 10.7. The van der Waals surface area contributed by atoms with Crippen LogP contribution in [-0.2, 0) is 17.8 Å². The normalized spacial score (nSPS) is 13.4. The Morgan fingerprint density at radius 3 is 2.32 bits per heavy atom. The quantitative estimate of drug-likeness (QED) is 0.517. The van der Waals surface area contributed by atoms with Crippen LogP contribution in [0.2, 0.25) is 0 Å². The molecule has 9 heteroatoms. The van der Waals surface area contributed by atoms with Gasteiger partial charge in [0, 0.05) is 18.7 Å². The van der Waals surface area contributed by atoms with E-state index >= 15 is 0 Å². The van der Waals surface area contributed by atoms with Crippen LogP contribution in [0, 0.1) is 42.4 Å². The predicted molar refractivity (Wildman–Crippen MR) is 139 cm³/mol. The van der Waals surface area contributed by atoms with E-state index in [1.165, 1.54) is 0 Å². The van der Waals surface area contributed by atoms with Crippen LogP contribution in [-0.4, -0.2) is 33.4 Å². The van der Waals surface area contributed by atoms with Crippen LogP contribution in [0.5, 0.6) is 11.6 Å². The average Bonchev–Trinajstić information content (AvgIpc) is 2.89. The molecule has 188 valence electrons. The number of fused-ring (bicyclic) bond motifs is 1. The molecular formula is C28H29N7O2. The summed E-state index contributed by atoms with van der Waals surface area (Å²) in [7, 11) is 0. The summed E-state index contributed by atoms with van der Waals surface area (Å²) in [5.74, 6) is 1.20. The molecule has 1 aromatic heterocycles. The molecule has 37 heavy (non-hydrogen) atoms. The second-order valence-corrected chi connectivity index (χ2v) is 9.52. The first-order chi connectivity index (χ1) is 17.7. The number of nitrogens with two attached hydrogens (primary N) is 1. The van der Waals surface area contributed by atoms with Gasteiger partial charge < -0.3 is 20.7 Å². The number of hydrogen-bond donors (Lipinski definition) is 2. The minimum absolute atomic E-state index is 0.0174. The maximum Gasteiger partial charge on any atom is 0.240 e. The Bertz CT molecular complexity index is 1400. The van der Waals surface area contributed by atoms with Crippen LogP contribution >= 0.6 is 0 Å². The van der Waals surface area contributed by atoms with Crippen molar-refractivity contribution in [2.24, 2.45) is 11.7 Å². The third kappa shape index (κ3) is 5.53. The topological polar surface area (TPSA) is 141 Å². The zero-order valence-electron chi connectivity index (χ0n) is 21.4. The Morgan fingerprint density at radius 1 is 1.08 bits per heavy atom. The van der Waals surface area contributed by atoms with Gasteiger partial charge in [0.05, 0.1) is 47.1 Å². The van der Waals surface area contributed by atoms with E-state index in [-0.39, 0.29) is 18.4 Å². The second-order valence-electron chi connectivity index (χ2n) is 9.52. The van der Waals surface area contributed by atoms with E-state index in [2.05, 4.69) is 22.4 Å². The van der Waals surface area contributed by atoms with Gasteiger partial charge in [-0.25, -0.2) is 4.98 Å². The lowest BCUT2D eigenvalue weighted by Crippen LogP contribution is -2.48. The fourth-order valence-corrected chi connectivity index (χ4v) is 4.24. The first-order valence-corrected chi connectivity index (χ1v) is 12.1. The molecule has 2 aromatic carbocycles. The van der Waals surface area contributed by atoms with Crippen molar-refractivity contribution < 1.29 is 9.53 Å². The largest absolute Gasteiger partial charge is 0.438 e. The van der Waals surface area contributed by atoms with Crippen molar-refractivity contribution in [1.82, 2.24) is 14.9 Å². The SMILES string of the molecule is Cc1cc(C#N)cc(C)c1Oc1nc(Nc2ccc(C#N)cc2)nc2c1CN(C(=O)[C@H](N)C(C)C)CC2. The van der Waals surface area contributed by atoms with Gasteiger partial charge in [0.15, 0.2) is 0 Å². The minimum atomic E-state index is -0.591. The lowest BCUT2D eigenvalue weighted by Gasteiger charge is -2.32. The van der Waals surface area contributed by atoms with Crippen molar-refractivity contribution in [2.75, 3.05) is 11.9 Å². The molecule has 0 unspecified atom stereocenters. The van der Waals surface area contributed by atoms with E-state index in [9.17, 15) is 10.1 Å². The number of amides is 1. The predicted octanol–water partition coefficient (Wildman–Crippen LogP) is 4.24. The Morgan fingerprint density at radius 2 is 1.73 bits per heavy atom. The first-order valence-electron chi connectivity index (χ1n) is 12.1. The number of aryl methyl sites for hydroxylation is 2. The molecule has 1 aliphatic heterocycles. The zero-order chi connectivity index (χ0) is 26.7. The van der Waals surface area contributed by atoms with E-state index in [0.29, 0.717) is 41.7 Å². The van der Waals surface area contributed by atoms with Gasteiger partial charge in [-0.3, -0.25) is 4.79 Å². The number of benzene rings is 2. The molecule has 3 aromatic rings. The Kier molecular flexibility index (Phi) is 7.37. The summed E-state index contributed by atoms with van der Waals surface area (Å²) < 4.78 is 6.38. The summed E-state index contributed by atoms with van der Waals surface area (Å²) in [4.78, 5) is 24.1. The fraction of sp³-hybridized carbons (Fsp3) is 0.321. The summed E-state index contributed by atoms with van der Waals surface area (Å²) >= 11 is 0. The molecule has 1 atom stereocenters. The highest BCUT2D eigenvalue weighted by Gasteiger charge is 2.30. The molecular weight excluding hydrogens is 466 g/mol. The van der Waals surface area contributed by atoms with Crippen LogP contribution in [0.3, 0.4) is 0 Å². The number of anilines is 2. The van der Waals surface area contributed by atoms with Crippen molar-refractivity contribution in [3.05, 3.63) is 69.9 Å². The van der Waals surface area contributed by atoms with Gasteiger partial charge in [-0.1, -0.05) is 13.8 Å². The summed E-state index contributed by atoms with van der Waals surface area (Å²) in [5, 5.41) is 21.6. The number of nitrogens with one attached hydrogen (secondary N) is 1. The van der Waals surface area contributed by atoms with Crippen LogP contribution < -0.4 is 15.8 Å². The molecule has 2 heterocycles. The Balaban J connectivity index is 1.73. The van der Waals surface area contributed by atoms with Crippen molar-refractivity contribution in [3.8, 4) is 23.8 Å². The first kappa shape index (κ1) is 25.6. The van der Waals surface area contributed by atoms with Crippen LogP contribution in [0.4, 0.5) is 11.6 Å². The molecule has 4 rings (SSSR count). The molecule has 0 spiro atoms. The molecule has 3 N–H and O–H groups in total. The van der Waals surface area contributed by atoms with Crippen molar-refractivity contribution in [1.29, 1.82) is 10.5 Å². The maximum absolute atomic E-state index is 13.0. The molecule has 1 aliphatic rings. The molecule has 0 bridgehead atoms. The number of nitrogens with zero attached hydrogens (tertiary/aromatic N) is 5. The van der Waals surface area contributed by atoms with Gasteiger partial charge in [0.2, 0.25) is 17.7 Å².